The number of hydrogen-bond donors (Lipinski definition) is 0. The van der Waals surface area contributed by atoms with Crippen molar-refractivity contribution in [2.75, 3.05) is 0 Å². The zero-order valence-electron chi connectivity index (χ0n) is 23.8. The summed E-state index contributed by atoms with van der Waals surface area (Å²) >= 11 is 0. The normalized spacial score (nSPS) is 12.0. The van der Waals surface area contributed by atoms with Crippen molar-refractivity contribution in [2.24, 2.45) is 0 Å². The van der Waals surface area contributed by atoms with Crippen molar-refractivity contribution < 1.29 is 8.83 Å². The number of aromatic nitrogens is 4. The smallest absolute Gasteiger partial charge is 0.238 e. The highest BCUT2D eigenvalue weighted by molar-refractivity contribution is 6.21. The molecular weight excluding hydrogens is 556 g/mol. The molecule has 10 rings (SSSR count). The summed E-state index contributed by atoms with van der Waals surface area (Å²) in [6.07, 6.45) is 0. The molecular formula is C39H22N4O2. The maximum Gasteiger partial charge on any atom is 0.238 e. The van der Waals surface area contributed by atoms with Crippen LogP contribution in [0.5, 0.6) is 0 Å². The van der Waals surface area contributed by atoms with E-state index in [9.17, 15) is 0 Å². The molecule has 0 aliphatic carbocycles. The van der Waals surface area contributed by atoms with Gasteiger partial charge in [-0.1, -0.05) is 91.0 Å². The molecule has 0 N–H and O–H groups in total. The first-order valence-corrected chi connectivity index (χ1v) is 14.9. The van der Waals surface area contributed by atoms with Crippen LogP contribution >= 0.6 is 0 Å². The lowest BCUT2D eigenvalue weighted by Crippen LogP contribution is -2.06. The minimum absolute atomic E-state index is 0.523. The van der Waals surface area contributed by atoms with E-state index in [1.807, 2.05) is 84.9 Å². The molecule has 0 unspecified atom stereocenters. The van der Waals surface area contributed by atoms with Crippen molar-refractivity contribution in [3.63, 3.8) is 0 Å². The third-order valence-electron chi connectivity index (χ3n) is 8.67. The fraction of sp³-hybridized carbons (Fsp3) is 0. The van der Waals surface area contributed by atoms with Crippen molar-refractivity contribution in [3.05, 3.63) is 133 Å². The second kappa shape index (κ2) is 9.11. The molecule has 0 spiro atoms. The highest BCUT2D eigenvalue weighted by Gasteiger charge is 2.22. The summed E-state index contributed by atoms with van der Waals surface area (Å²) in [6, 6.07) is 45.1. The summed E-state index contributed by atoms with van der Waals surface area (Å²) in [5.41, 5.74) is 7.04. The van der Waals surface area contributed by atoms with Crippen LogP contribution in [0.15, 0.2) is 142 Å². The summed E-state index contributed by atoms with van der Waals surface area (Å²) in [5.74, 6) is 1.69. The number of fused-ring (bicyclic) bond motifs is 10. The van der Waals surface area contributed by atoms with E-state index in [1.54, 1.807) is 0 Å². The standard InChI is InChI=1S/C39H22N4O2/c1-2-10-23(11-3-1)37-40-38(24-18-21-34-30(22-24)27-14-6-8-16-32(27)44-34)42-39(41-37)43-31-15-7-4-12-25(31)28-19-20-29-26-13-5-9-17-33(26)45-36(29)35(28)43/h1-22H. The lowest BCUT2D eigenvalue weighted by atomic mass is 10.1. The molecule has 4 heterocycles. The Morgan fingerprint density at radius 2 is 1.04 bits per heavy atom. The first-order valence-electron chi connectivity index (χ1n) is 14.9. The van der Waals surface area contributed by atoms with Crippen molar-refractivity contribution in [3.8, 4) is 28.7 Å². The second-order valence-electron chi connectivity index (χ2n) is 11.2. The van der Waals surface area contributed by atoms with Gasteiger partial charge in [0.1, 0.15) is 22.3 Å². The number of rotatable bonds is 3. The Morgan fingerprint density at radius 3 is 1.87 bits per heavy atom. The average Bonchev–Trinajstić information content (AvgIpc) is 3.78. The van der Waals surface area contributed by atoms with E-state index in [-0.39, 0.29) is 0 Å². The van der Waals surface area contributed by atoms with Gasteiger partial charge in [-0.3, -0.25) is 4.57 Å². The van der Waals surface area contributed by atoms with E-state index in [1.165, 1.54) is 0 Å². The van der Waals surface area contributed by atoms with Crippen LogP contribution in [0.1, 0.15) is 0 Å². The van der Waals surface area contributed by atoms with Crippen molar-refractivity contribution in [1.29, 1.82) is 0 Å². The Labute approximate surface area is 255 Å². The third-order valence-corrected chi connectivity index (χ3v) is 8.67. The number of furan rings is 2. The predicted octanol–water partition coefficient (Wildman–Crippen LogP) is 10.1. The van der Waals surface area contributed by atoms with E-state index in [0.29, 0.717) is 17.6 Å². The molecule has 0 saturated heterocycles. The lowest BCUT2D eigenvalue weighted by Gasteiger charge is -2.11. The molecule has 4 aromatic heterocycles. The van der Waals surface area contributed by atoms with Gasteiger partial charge in [0, 0.05) is 43.4 Å². The van der Waals surface area contributed by atoms with Crippen LogP contribution in [0.3, 0.4) is 0 Å². The van der Waals surface area contributed by atoms with Crippen LogP contribution < -0.4 is 0 Å². The van der Waals surface area contributed by atoms with Gasteiger partial charge in [-0.15, -0.1) is 0 Å². The molecule has 6 aromatic carbocycles. The van der Waals surface area contributed by atoms with Gasteiger partial charge in [0.15, 0.2) is 17.2 Å². The fourth-order valence-corrected chi connectivity index (χ4v) is 6.61. The molecule has 0 radical (unpaired) electrons. The minimum atomic E-state index is 0.523. The molecule has 210 valence electrons. The topological polar surface area (TPSA) is 69.9 Å². The Morgan fingerprint density at radius 1 is 0.422 bits per heavy atom. The van der Waals surface area contributed by atoms with Crippen LogP contribution in [0.25, 0.3) is 94.4 Å². The molecule has 0 amide bonds. The van der Waals surface area contributed by atoms with Gasteiger partial charge < -0.3 is 8.83 Å². The zero-order valence-corrected chi connectivity index (χ0v) is 23.8. The SMILES string of the molecule is c1ccc(-c2nc(-c3ccc4oc5ccccc5c4c3)nc(-n3c4ccccc4c4ccc5c6ccccc6oc5c43)n2)cc1. The van der Waals surface area contributed by atoms with Crippen molar-refractivity contribution >= 4 is 65.7 Å². The predicted molar refractivity (Wildman–Crippen MR) is 180 cm³/mol. The Hall–Kier alpha value is -6.27. The maximum atomic E-state index is 6.56. The van der Waals surface area contributed by atoms with Gasteiger partial charge in [0.2, 0.25) is 5.95 Å². The van der Waals surface area contributed by atoms with Gasteiger partial charge in [0.05, 0.1) is 5.52 Å². The summed E-state index contributed by atoms with van der Waals surface area (Å²) in [4.78, 5) is 15.3. The monoisotopic (exact) mass is 578 g/mol. The molecule has 45 heavy (non-hydrogen) atoms. The number of para-hydroxylation sites is 3. The quantitative estimate of drug-likeness (QED) is 0.209. The Bertz CT molecular complexity index is 2770. The van der Waals surface area contributed by atoms with E-state index in [4.69, 9.17) is 23.8 Å². The van der Waals surface area contributed by atoms with Crippen LogP contribution in [0, 0.1) is 0 Å². The minimum Gasteiger partial charge on any atom is -0.456 e. The Kier molecular flexibility index (Phi) is 4.90. The van der Waals surface area contributed by atoms with Crippen LogP contribution in [-0.4, -0.2) is 19.5 Å². The van der Waals surface area contributed by atoms with Crippen LogP contribution in [-0.2, 0) is 0 Å². The molecule has 6 nitrogen and oxygen atoms in total. The number of hydrogen-bond acceptors (Lipinski definition) is 5. The Balaban J connectivity index is 1.31. The maximum absolute atomic E-state index is 6.56. The zero-order chi connectivity index (χ0) is 29.5. The average molecular weight is 579 g/mol. The van der Waals surface area contributed by atoms with Crippen molar-refractivity contribution in [2.45, 2.75) is 0 Å². The highest BCUT2D eigenvalue weighted by Crippen LogP contribution is 2.40. The van der Waals surface area contributed by atoms with Crippen molar-refractivity contribution in [1.82, 2.24) is 19.5 Å². The number of nitrogens with zero attached hydrogens (tertiary/aromatic N) is 4. The summed E-state index contributed by atoms with van der Waals surface area (Å²) in [5, 5.41) is 6.38. The third kappa shape index (κ3) is 3.53. The van der Waals surface area contributed by atoms with Crippen LogP contribution in [0.4, 0.5) is 0 Å². The lowest BCUT2D eigenvalue weighted by molar-refractivity contribution is 0.669. The molecule has 0 saturated carbocycles. The second-order valence-corrected chi connectivity index (χ2v) is 11.2. The van der Waals surface area contributed by atoms with E-state index < -0.39 is 0 Å². The summed E-state index contributed by atoms with van der Waals surface area (Å²) < 4.78 is 14.8. The van der Waals surface area contributed by atoms with E-state index in [0.717, 1.165) is 76.8 Å². The molecule has 0 aliphatic heterocycles. The molecule has 0 bridgehead atoms. The molecule has 6 heteroatoms. The van der Waals surface area contributed by atoms with Gasteiger partial charge in [0.25, 0.3) is 0 Å². The molecule has 10 aromatic rings. The summed E-state index contributed by atoms with van der Waals surface area (Å²) in [6.45, 7) is 0. The van der Waals surface area contributed by atoms with E-state index in [2.05, 4.69) is 53.1 Å². The van der Waals surface area contributed by atoms with Gasteiger partial charge in [-0.2, -0.15) is 9.97 Å². The first kappa shape index (κ1) is 24.2. The summed E-state index contributed by atoms with van der Waals surface area (Å²) in [7, 11) is 0. The highest BCUT2D eigenvalue weighted by atomic mass is 16.3. The van der Waals surface area contributed by atoms with Gasteiger partial charge >= 0.3 is 0 Å². The van der Waals surface area contributed by atoms with Crippen LogP contribution in [0.2, 0.25) is 0 Å². The van der Waals surface area contributed by atoms with Gasteiger partial charge in [-0.25, -0.2) is 4.98 Å². The molecule has 0 aliphatic rings. The largest absolute Gasteiger partial charge is 0.456 e. The number of benzene rings is 6. The van der Waals surface area contributed by atoms with Gasteiger partial charge in [-0.05, 0) is 42.5 Å². The first-order chi connectivity index (χ1) is 22.3. The molecule has 0 atom stereocenters. The fourth-order valence-electron chi connectivity index (χ4n) is 6.61. The molecule has 0 fully saturated rings. The van der Waals surface area contributed by atoms with E-state index >= 15 is 0 Å².